The van der Waals surface area contributed by atoms with Gasteiger partial charge in [0.15, 0.2) is 5.96 Å². The number of benzene rings is 1. The van der Waals surface area contributed by atoms with Crippen molar-refractivity contribution in [2.45, 2.75) is 6.42 Å². The maximum atomic E-state index is 8.92. The van der Waals surface area contributed by atoms with E-state index in [9.17, 15) is 0 Å². The number of aliphatic hydroxyl groups excluding tert-OH is 1. The zero-order valence-electron chi connectivity index (χ0n) is 11.9. The van der Waals surface area contributed by atoms with Gasteiger partial charge in [0.2, 0.25) is 5.13 Å². The fourth-order valence-corrected chi connectivity index (χ4v) is 2.63. The average molecular weight is 318 g/mol. The first-order valence-electron chi connectivity index (χ1n) is 6.67. The highest BCUT2D eigenvalue weighted by atomic mass is 32.1. The molecule has 1 heterocycles. The van der Waals surface area contributed by atoms with E-state index < -0.39 is 0 Å². The Balaban J connectivity index is 2.25. The number of aromatic nitrogens is 1. The van der Waals surface area contributed by atoms with E-state index in [1.54, 1.807) is 4.90 Å². The molecule has 0 saturated heterocycles. The molecule has 0 aliphatic heterocycles. The van der Waals surface area contributed by atoms with E-state index in [2.05, 4.69) is 9.98 Å². The fraction of sp³-hybridized carbons (Fsp3) is 0.214. The highest BCUT2D eigenvalue weighted by Crippen LogP contribution is 2.29. The van der Waals surface area contributed by atoms with E-state index in [-0.39, 0.29) is 12.6 Å². The lowest BCUT2D eigenvalue weighted by Crippen LogP contribution is -2.22. The van der Waals surface area contributed by atoms with Crippen LogP contribution < -0.4 is 16.4 Å². The first-order valence-corrected chi connectivity index (χ1v) is 7.55. The Bertz CT molecular complexity index is 665. The van der Waals surface area contributed by atoms with E-state index in [1.165, 1.54) is 17.7 Å². The standard InChI is InChI=1S/C14H18N6OS/c15-9-20(5-2-6-21)11-4-1-3-10(7-11)12-8-22-14(18-12)19-13(16)17/h1,3-4,7-9,15,21H,2,5-6H2,(H4,16,17,18,19). The number of hydrogen-bond donors (Lipinski definition) is 4. The van der Waals surface area contributed by atoms with Gasteiger partial charge in [-0.1, -0.05) is 12.1 Å². The minimum atomic E-state index is -0.0198. The smallest absolute Gasteiger partial charge is 0.212 e. The summed E-state index contributed by atoms with van der Waals surface area (Å²) >= 11 is 1.36. The van der Waals surface area contributed by atoms with Gasteiger partial charge >= 0.3 is 0 Å². The molecule has 7 nitrogen and oxygen atoms in total. The van der Waals surface area contributed by atoms with Crippen molar-refractivity contribution < 1.29 is 5.11 Å². The third-order valence-electron chi connectivity index (χ3n) is 2.90. The van der Waals surface area contributed by atoms with Crippen LogP contribution in [0.15, 0.2) is 34.6 Å². The Labute approximate surface area is 132 Å². The van der Waals surface area contributed by atoms with Crippen LogP contribution in [0.3, 0.4) is 0 Å². The van der Waals surface area contributed by atoms with E-state index in [4.69, 9.17) is 22.0 Å². The molecule has 2 rings (SSSR count). The lowest BCUT2D eigenvalue weighted by Gasteiger charge is -2.19. The number of nitrogens with zero attached hydrogens (tertiary/aromatic N) is 3. The second-order valence-electron chi connectivity index (χ2n) is 4.50. The summed E-state index contributed by atoms with van der Waals surface area (Å²) in [6.45, 7) is 0.678. The molecule has 1 aromatic heterocycles. The van der Waals surface area contributed by atoms with Gasteiger partial charge in [0, 0.05) is 29.8 Å². The van der Waals surface area contributed by atoms with Crippen LogP contribution in [-0.2, 0) is 0 Å². The molecule has 0 spiro atoms. The van der Waals surface area contributed by atoms with Crippen LogP contribution in [0.1, 0.15) is 6.42 Å². The third-order valence-corrected chi connectivity index (χ3v) is 3.64. The average Bonchev–Trinajstić information content (AvgIpc) is 2.96. The Morgan fingerprint density at radius 2 is 2.27 bits per heavy atom. The van der Waals surface area contributed by atoms with E-state index >= 15 is 0 Å². The summed E-state index contributed by atoms with van der Waals surface area (Å²) in [6.07, 6.45) is 1.85. The molecule has 1 aromatic carbocycles. The summed E-state index contributed by atoms with van der Waals surface area (Å²) in [5.74, 6) is -0.0198. The molecule has 22 heavy (non-hydrogen) atoms. The number of hydrogen-bond acceptors (Lipinski definition) is 5. The van der Waals surface area contributed by atoms with Gasteiger partial charge in [0.25, 0.3) is 0 Å². The van der Waals surface area contributed by atoms with Gasteiger partial charge in [-0.3, -0.25) is 5.41 Å². The van der Waals surface area contributed by atoms with Gasteiger partial charge < -0.3 is 21.5 Å². The fourth-order valence-electron chi connectivity index (χ4n) is 1.91. The summed E-state index contributed by atoms with van der Waals surface area (Å²) in [7, 11) is 0. The number of anilines is 1. The van der Waals surface area contributed by atoms with Crippen molar-refractivity contribution in [3.63, 3.8) is 0 Å². The second kappa shape index (κ2) is 7.53. The normalized spacial score (nSPS) is 10.2. The maximum Gasteiger partial charge on any atom is 0.212 e. The molecular weight excluding hydrogens is 300 g/mol. The van der Waals surface area contributed by atoms with Crippen molar-refractivity contribution in [2.24, 2.45) is 16.5 Å². The Morgan fingerprint density at radius 1 is 1.45 bits per heavy atom. The topological polar surface area (TPSA) is 125 Å². The summed E-state index contributed by atoms with van der Waals surface area (Å²) in [6, 6.07) is 7.69. The summed E-state index contributed by atoms with van der Waals surface area (Å²) in [5.41, 5.74) is 13.3. The molecule has 6 N–H and O–H groups in total. The molecule has 0 saturated carbocycles. The highest BCUT2D eigenvalue weighted by Gasteiger charge is 2.08. The molecule has 8 heteroatoms. The van der Waals surface area contributed by atoms with Crippen molar-refractivity contribution in [2.75, 3.05) is 18.1 Å². The van der Waals surface area contributed by atoms with Gasteiger partial charge in [-0.25, -0.2) is 4.98 Å². The van der Waals surface area contributed by atoms with Crippen molar-refractivity contribution in [3.8, 4) is 11.3 Å². The van der Waals surface area contributed by atoms with Crippen LogP contribution in [0.5, 0.6) is 0 Å². The zero-order valence-corrected chi connectivity index (χ0v) is 12.8. The van der Waals surface area contributed by atoms with Gasteiger partial charge in [0.05, 0.1) is 12.0 Å². The molecule has 0 aliphatic rings. The van der Waals surface area contributed by atoms with Crippen LogP contribution in [0.2, 0.25) is 0 Å². The quantitative estimate of drug-likeness (QED) is 0.455. The number of guanidine groups is 1. The molecule has 0 aliphatic carbocycles. The summed E-state index contributed by atoms with van der Waals surface area (Å²) in [4.78, 5) is 10.1. The van der Waals surface area contributed by atoms with Crippen LogP contribution in [0.4, 0.5) is 10.8 Å². The summed E-state index contributed by atoms with van der Waals surface area (Å²) in [5, 5.41) is 18.8. The van der Waals surface area contributed by atoms with E-state index in [0.29, 0.717) is 18.1 Å². The molecule has 116 valence electrons. The molecule has 0 radical (unpaired) electrons. The van der Waals surface area contributed by atoms with Crippen LogP contribution >= 0.6 is 11.3 Å². The van der Waals surface area contributed by atoms with Gasteiger partial charge in [0.1, 0.15) is 0 Å². The Hall–Kier alpha value is -2.45. The number of rotatable bonds is 7. The first kappa shape index (κ1) is 15.9. The van der Waals surface area contributed by atoms with Crippen LogP contribution in [0, 0.1) is 5.41 Å². The van der Waals surface area contributed by atoms with Gasteiger partial charge in [-0.15, -0.1) is 11.3 Å². The SMILES string of the molecule is N=CN(CCCO)c1cccc(-c2csc(N=C(N)N)n2)c1. The Morgan fingerprint density at radius 3 is 2.95 bits per heavy atom. The summed E-state index contributed by atoms with van der Waals surface area (Å²) < 4.78 is 0. The monoisotopic (exact) mass is 318 g/mol. The first-order chi connectivity index (χ1) is 10.6. The predicted octanol–water partition coefficient (Wildman–Crippen LogP) is 1.51. The molecule has 0 bridgehead atoms. The molecule has 0 fully saturated rings. The second-order valence-corrected chi connectivity index (χ2v) is 5.34. The number of thiazole rings is 1. The Kier molecular flexibility index (Phi) is 5.45. The van der Waals surface area contributed by atoms with Gasteiger partial charge in [-0.2, -0.15) is 4.99 Å². The highest BCUT2D eigenvalue weighted by molar-refractivity contribution is 7.13. The molecular formula is C14H18N6OS. The molecule has 0 atom stereocenters. The minimum Gasteiger partial charge on any atom is -0.396 e. The molecule has 0 amide bonds. The van der Waals surface area contributed by atoms with E-state index in [1.807, 2.05) is 29.6 Å². The lowest BCUT2D eigenvalue weighted by molar-refractivity contribution is 0.291. The number of aliphatic hydroxyl groups is 1. The predicted molar refractivity (Wildman–Crippen MR) is 90.9 cm³/mol. The van der Waals surface area contributed by atoms with Crippen LogP contribution in [-0.4, -0.2) is 35.5 Å². The third kappa shape index (κ3) is 4.03. The van der Waals surface area contributed by atoms with E-state index in [0.717, 1.165) is 16.9 Å². The minimum absolute atomic E-state index is 0.0198. The number of nitrogens with one attached hydrogen (secondary N) is 1. The largest absolute Gasteiger partial charge is 0.396 e. The van der Waals surface area contributed by atoms with Crippen LogP contribution in [0.25, 0.3) is 11.3 Å². The lowest BCUT2D eigenvalue weighted by atomic mass is 10.1. The van der Waals surface area contributed by atoms with Crippen molar-refractivity contribution in [1.29, 1.82) is 5.41 Å². The van der Waals surface area contributed by atoms with Crippen molar-refractivity contribution in [3.05, 3.63) is 29.6 Å². The zero-order chi connectivity index (χ0) is 15.9. The maximum absolute atomic E-state index is 8.92. The van der Waals surface area contributed by atoms with Crippen molar-refractivity contribution in [1.82, 2.24) is 4.98 Å². The number of aliphatic imine (C=N–C) groups is 1. The van der Waals surface area contributed by atoms with Crippen molar-refractivity contribution >= 4 is 34.5 Å². The van der Waals surface area contributed by atoms with Gasteiger partial charge in [-0.05, 0) is 18.6 Å². The molecule has 0 unspecified atom stereocenters. The number of nitrogens with two attached hydrogens (primary N) is 2. The molecule has 2 aromatic rings.